The van der Waals surface area contributed by atoms with Gasteiger partial charge in [-0.3, -0.25) is 0 Å². The Morgan fingerprint density at radius 1 is 1.41 bits per heavy atom. The van der Waals surface area contributed by atoms with Crippen LogP contribution in [0.2, 0.25) is 0 Å². The normalized spacial score (nSPS) is 24.9. The zero-order valence-electron chi connectivity index (χ0n) is 12.3. The van der Waals surface area contributed by atoms with Crippen LogP contribution >= 0.6 is 11.8 Å². The van der Waals surface area contributed by atoms with Crippen LogP contribution in [-0.2, 0) is 0 Å². The van der Waals surface area contributed by atoms with Crippen molar-refractivity contribution in [3.8, 4) is 0 Å². The van der Waals surface area contributed by atoms with Gasteiger partial charge in [0.2, 0.25) is 0 Å². The lowest BCUT2D eigenvalue weighted by atomic mass is 10.1. The molecule has 0 saturated carbocycles. The maximum Gasteiger partial charge on any atom is 0.0172 e. The van der Waals surface area contributed by atoms with Crippen LogP contribution in [0, 0.1) is 5.92 Å². The Labute approximate surface area is 112 Å². The van der Waals surface area contributed by atoms with Crippen LogP contribution in [0.3, 0.4) is 0 Å². The van der Waals surface area contributed by atoms with E-state index in [2.05, 4.69) is 56.6 Å². The van der Waals surface area contributed by atoms with Gasteiger partial charge in [0, 0.05) is 36.2 Å². The lowest BCUT2D eigenvalue weighted by molar-refractivity contribution is 0.232. The molecule has 1 heterocycles. The Hall–Kier alpha value is 0.270. The molecule has 0 radical (unpaired) electrons. The quantitative estimate of drug-likeness (QED) is 0.816. The number of thioether (sulfide) groups is 1. The Balaban J connectivity index is 2.23. The lowest BCUT2D eigenvalue weighted by Crippen LogP contribution is -2.44. The summed E-state index contributed by atoms with van der Waals surface area (Å²) in [4.78, 5) is 2.65. The number of rotatable bonds is 5. The molecule has 3 heteroatoms. The average Bonchev–Trinajstić information content (AvgIpc) is 2.26. The highest BCUT2D eigenvalue weighted by Crippen LogP contribution is 2.21. The Bertz CT molecular complexity index is 213. The zero-order chi connectivity index (χ0) is 12.9. The second-order valence-corrected chi connectivity index (χ2v) is 7.80. The molecule has 1 fully saturated rings. The molecule has 1 saturated heterocycles. The second kappa shape index (κ2) is 7.01. The first-order valence-corrected chi connectivity index (χ1v) is 8.04. The minimum absolute atomic E-state index is 0.248. The van der Waals surface area contributed by atoms with E-state index in [1.165, 1.54) is 31.8 Å². The SMILES string of the molecule is CCC1CN(CC(C)CNC(C)(C)C)CCS1. The molecule has 0 aliphatic carbocycles. The van der Waals surface area contributed by atoms with Gasteiger partial charge in [0.15, 0.2) is 0 Å². The van der Waals surface area contributed by atoms with Gasteiger partial charge in [-0.15, -0.1) is 0 Å². The summed E-state index contributed by atoms with van der Waals surface area (Å²) in [7, 11) is 0. The third-order valence-electron chi connectivity index (χ3n) is 3.23. The van der Waals surface area contributed by atoms with Gasteiger partial charge in [-0.1, -0.05) is 13.8 Å². The molecule has 102 valence electrons. The summed E-state index contributed by atoms with van der Waals surface area (Å²) >= 11 is 2.15. The van der Waals surface area contributed by atoms with Gasteiger partial charge < -0.3 is 10.2 Å². The fourth-order valence-corrected chi connectivity index (χ4v) is 3.43. The molecule has 2 nitrogen and oxygen atoms in total. The van der Waals surface area contributed by atoms with Crippen molar-refractivity contribution in [2.45, 2.75) is 51.8 Å². The minimum atomic E-state index is 0.248. The number of hydrogen-bond donors (Lipinski definition) is 1. The van der Waals surface area contributed by atoms with Gasteiger partial charge in [-0.25, -0.2) is 0 Å². The van der Waals surface area contributed by atoms with E-state index in [1.807, 2.05) is 0 Å². The van der Waals surface area contributed by atoms with Gasteiger partial charge in [-0.2, -0.15) is 11.8 Å². The van der Waals surface area contributed by atoms with E-state index < -0.39 is 0 Å². The fraction of sp³-hybridized carbons (Fsp3) is 1.00. The van der Waals surface area contributed by atoms with Crippen molar-refractivity contribution in [3.05, 3.63) is 0 Å². The van der Waals surface area contributed by atoms with Gasteiger partial charge in [0.05, 0.1) is 0 Å². The summed E-state index contributed by atoms with van der Waals surface area (Å²) in [6.45, 7) is 16.3. The maximum absolute atomic E-state index is 3.60. The summed E-state index contributed by atoms with van der Waals surface area (Å²) in [5.74, 6) is 2.06. The highest BCUT2D eigenvalue weighted by molar-refractivity contribution is 8.00. The third-order valence-corrected chi connectivity index (χ3v) is 4.60. The standard InChI is InChI=1S/C14H30N2S/c1-6-13-11-16(7-8-17-13)10-12(2)9-15-14(3,4)5/h12-13,15H,6-11H2,1-5H3. The Morgan fingerprint density at radius 3 is 2.71 bits per heavy atom. The Kier molecular flexibility index (Phi) is 6.32. The smallest absolute Gasteiger partial charge is 0.0172 e. The molecular weight excluding hydrogens is 228 g/mol. The predicted octanol–water partition coefficient (Wildman–Crippen LogP) is 2.84. The topological polar surface area (TPSA) is 15.3 Å². The van der Waals surface area contributed by atoms with E-state index in [4.69, 9.17) is 0 Å². The highest BCUT2D eigenvalue weighted by atomic mass is 32.2. The molecule has 0 aromatic carbocycles. The molecule has 0 spiro atoms. The first-order valence-electron chi connectivity index (χ1n) is 6.99. The molecule has 0 aromatic heterocycles. The first-order chi connectivity index (χ1) is 7.90. The molecule has 17 heavy (non-hydrogen) atoms. The van der Waals surface area contributed by atoms with Crippen molar-refractivity contribution in [2.75, 3.05) is 31.9 Å². The van der Waals surface area contributed by atoms with Crippen molar-refractivity contribution in [2.24, 2.45) is 5.92 Å². The van der Waals surface area contributed by atoms with Crippen LogP contribution in [0.15, 0.2) is 0 Å². The van der Waals surface area contributed by atoms with Crippen LogP contribution in [0.1, 0.15) is 41.0 Å². The van der Waals surface area contributed by atoms with Crippen molar-refractivity contribution >= 4 is 11.8 Å². The summed E-state index contributed by atoms with van der Waals surface area (Å²) in [6.07, 6.45) is 1.32. The molecule has 2 atom stereocenters. The van der Waals surface area contributed by atoms with Crippen molar-refractivity contribution < 1.29 is 0 Å². The molecule has 1 aliphatic rings. The average molecular weight is 258 g/mol. The van der Waals surface area contributed by atoms with Gasteiger partial charge in [0.1, 0.15) is 0 Å². The number of hydrogen-bond acceptors (Lipinski definition) is 3. The Morgan fingerprint density at radius 2 is 2.12 bits per heavy atom. The molecule has 1 rings (SSSR count). The van der Waals surface area contributed by atoms with E-state index >= 15 is 0 Å². The monoisotopic (exact) mass is 258 g/mol. The van der Waals surface area contributed by atoms with Gasteiger partial charge in [0.25, 0.3) is 0 Å². The van der Waals surface area contributed by atoms with Crippen LogP contribution < -0.4 is 5.32 Å². The summed E-state index contributed by atoms with van der Waals surface area (Å²) in [5, 5.41) is 4.47. The molecule has 0 amide bonds. The van der Waals surface area contributed by atoms with E-state index in [1.54, 1.807) is 0 Å². The number of nitrogens with zero attached hydrogens (tertiary/aromatic N) is 1. The predicted molar refractivity (Wildman–Crippen MR) is 79.9 cm³/mol. The second-order valence-electron chi connectivity index (χ2n) is 6.40. The lowest BCUT2D eigenvalue weighted by Gasteiger charge is -2.34. The first kappa shape index (κ1) is 15.3. The van der Waals surface area contributed by atoms with Gasteiger partial charge >= 0.3 is 0 Å². The maximum atomic E-state index is 3.60. The molecule has 1 aliphatic heterocycles. The number of nitrogens with one attached hydrogen (secondary N) is 1. The summed E-state index contributed by atoms with van der Waals surface area (Å²) in [6, 6.07) is 0. The van der Waals surface area contributed by atoms with Gasteiger partial charge in [-0.05, 0) is 39.7 Å². The van der Waals surface area contributed by atoms with Crippen molar-refractivity contribution in [1.29, 1.82) is 0 Å². The van der Waals surface area contributed by atoms with E-state index in [-0.39, 0.29) is 5.54 Å². The van der Waals surface area contributed by atoms with Crippen LogP contribution in [0.25, 0.3) is 0 Å². The fourth-order valence-electron chi connectivity index (χ4n) is 2.18. The van der Waals surface area contributed by atoms with E-state index in [0.29, 0.717) is 0 Å². The van der Waals surface area contributed by atoms with Crippen LogP contribution in [0.4, 0.5) is 0 Å². The van der Waals surface area contributed by atoms with Crippen molar-refractivity contribution in [1.82, 2.24) is 10.2 Å². The molecular formula is C14H30N2S. The minimum Gasteiger partial charge on any atom is -0.312 e. The molecule has 0 aromatic rings. The molecule has 2 unspecified atom stereocenters. The molecule has 1 N–H and O–H groups in total. The summed E-state index contributed by atoms with van der Waals surface area (Å²) < 4.78 is 0. The highest BCUT2D eigenvalue weighted by Gasteiger charge is 2.20. The van der Waals surface area contributed by atoms with Crippen molar-refractivity contribution in [3.63, 3.8) is 0 Å². The molecule has 0 bridgehead atoms. The third kappa shape index (κ3) is 6.68. The van der Waals surface area contributed by atoms with Crippen LogP contribution in [-0.4, -0.2) is 47.6 Å². The summed E-state index contributed by atoms with van der Waals surface area (Å²) in [5.41, 5.74) is 0.248. The zero-order valence-corrected chi connectivity index (χ0v) is 13.1. The van der Waals surface area contributed by atoms with E-state index in [9.17, 15) is 0 Å². The largest absolute Gasteiger partial charge is 0.312 e. The van der Waals surface area contributed by atoms with E-state index in [0.717, 1.165) is 17.7 Å². The van der Waals surface area contributed by atoms with Crippen LogP contribution in [0.5, 0.6) is 0 Å².